The fourth-order valence-corrected chi connectivity index (χ4v) is 3.90. The highest BCUT2D eigenvalue weighted by Gasteiger charge is 2.52. The molecule has 0 N–H and O–H groups in total. The molecule has 4 rings (SSSR count). The van der Waals surface area contributed by atoms with E-state index in [0.717, 1.165) is 37.4 Å². The molecule has 2 unspecified atom stereocenters. The molecule has 2 aliphatic heterocycles. The zero-order valence-corrected chi connectivity index (χ0v) is 12.6. The Morgan fingerprint density at radius 1 is 1.05 bits per heavy atom. The molecular weight excluding hydrogens is 274 g/mol. The van der Waals surface area contributed by atoms with Crippen molar-refractivity contribution in [2.75, 3.05) is 19.6 Å². The molecule has 0 bridgehead atoms. The summed E-state index contributed by atoms with van der Waals surface area (Å²) in [4.78, 5) is 16.0. The third-order valence-electron chi connectivity index (χ3n) is 4.83. The first kappa shape index (κ1) is 13.8. The lowest BCUT2D eigenvalue weighted by atomic mass is 9.86. The first-order valence-corrected chi connectivity index (χ1v) is 8.02. The maximum Gasteiger partial charge on any atom is 0.139 e. The highest BCUT2D eigenvalue weighted by atomic mass is 15.4. The van der Waals surface area contributed by atoms with E-state index in [2.05, 4.69) is 32.0 Å². The molecule has 1 radical (unpaired) electrons. The van der Waals surface area contributed by atoms with E-state index in [-0.39, 0.29) is 11.6 Å². The van der Waals surface area contributed by atoms with Gasteiger partial charge in [0, 0.05) is 50.3 Å². The zero-order valence-electron chi connectivity index (χ0n) is 12.6. The molecule has 0 spiro atoms. The van der Waals surface area contributed by atoms with Crippen LogP contribution in [0, 0.1) is 0 Å². The minimum absolute atomic E-state index is 0.231. The van der Waals surface area contributed by atoms with Crippen molar-refractivity contribution < 1.29 is 0 Å². The summed E-state index contributed by atoms with van der Waals surface area (Å²) >= 11 is 0. The summed E-state index contributed by atoms with van der Waals surface area (Å²) in [6.45, 7) is 3.02. The SMILES string of the molecule is c1ccc(C2(N3CCCC3)[N]CCC2c2cnccn2)nc1. The fourth-order valence-electron chi connectivity index (χ4n) is 3.90. The van der Waals surface area contributed by atoms with Crippen molar-refractivity contribution in [1.82, 2.24) is 25.2 Å². The van der Waals surface area contributed by atoms with Gasteiger partial charge >= 0.3 is 0 Å². The molecule has 0 amide bonds. The van der Waals surface area contributed by atoms with E-state index >= 15 is 0 Å². The second-order valence-electron chi connectivity index (χ2n) is 5.99. The molecule has 2 atom stereocenters. The Balaban J connectivity index is 1.83. The van der Waals surface area contributed by atoms with Crippen LogP contribution in [-0.4, -0.2) is 39.5 Å². The van der Waals surface area contributed by atoms with Gasteiger partial charge in [0.1, 0.15) is 5.66 Å². The predicted octanol–water partition coefficient (Wildman–Crippen LogP) is 1.91. The molecular formula is C17H20N5. The monoisotopic (exact) mass is 294 g/mol. The van der Waals surface area contributed by atoms with Gasteiger partial charge in [-0.3, -0.25) is 19.9 Å². The van der Waals surface area contributed by atoms with E-state index in [1.165, 1.54) is 12.8 Å². The van der Waals surface area contributed by atoms with Crippen LogP contribution < -0.4 is 5.32 Å². The predicted molar refractivity (Wildman–Crippen MR) is 83.1 cm³/mol. The number of pyridine rings is 1. The van der Waals surface area contributed by atoms with E-state index < -0.39 is 0 Å². The topological polar surface area (TPSA) is 56.0 Å². The molecule has 2 aromatic rings. The highest BCUT2D eigenvalue weighted by molar-refractivity contribution is 5.27. The minimum atomic E-state index is -0.367. The van der Waals surface area contributed by atoms with Gasteiger partial charge in [0.2, 0.25) is 0 Å². The number of likely N-dealkylation sites (tertiary alicyclic amines) is 1. The maximum atomic E-state index is 5.07. The lowest BCUT2D eigenvalue weighted by Crippen LogP contribution is -2.52. The van der Waals surface area contributed by atoms with E-state index in [9.17, 15) is 0 Å². The van der Waals surface area contributed by atoms with Gasteiger partial charge in [0.15, 0.2) is 0 Å². The lowest BCUT2D eigenvalue weighted by molar-refractivity contribution is 0.0693. The summed E-state index contributed by atoms with van der Waals surface area (Å²) in [5.41, 5.74) is 1.71. The average Bonchev–Trinajstić information content (AvgIpc) is 3.26. The Hall–Kier alpha value is -1.85. The number of hydrogen-bond acceptors (Lipinski definition) is 4. The summed E-state index contributed by atoms with van der Waals surface area (Å²) in [7, 11) is 0. The van der Waals surface area contributed by atoms with E-state index in [1.54, 1.807) is 12.4 Å². The summed E-state index contributed by atoms with van der Waals surface area (Å²) < 4.78 is 0. The Kier molecular flexibility index (Phi) is 3.60. The number of rotatable bonds is 3. The van der Waals surface area contributed by atoms with Crippen LogP contribution in [0.4, 0.5) is 0 Å². The van der Waals surface area contributed by atoms with Crippen LogP contribution >= 0.6 is 0 Å². The van der Waals surface area contributed by atoms with Crippen LogP contribution in [0.25, 0.3) is 0 Å². The van der Waals surface area contributed by atoms with Crippen molar-refractivity contribution in [3.05, 3.63) is 54.4 Å². The van der Waals surface area contributed by atoms with Crippen LogP contribution in [0.2, 0.25) is 0 Å². The standard InChI is InChI=1S/C17H20N5/c1-2-7-20-16(5-1)17(22-11-3-4-12-22)14(6-8-21-17)15-13-18-9-10-19-15/h1-2,5,7,9-10,13-14H,3-4,6,8,11-12H2. The first-order valence-electron chi connectivity index (χ1n) is 8.02. The molecule has 4 heterocycles. The molecule has 2 aliphatic rings. The Bertz CT molecular complexity index is 611. The van der Waals surface area contributed by atoms with Gasteiger partial charge in [-0.05, 0) is 31.4 Å². The van der Waals surface area contributed by atoms with Crippen LogP contribution in [0.3, 0.4) is 0 Å². The third kappa shape index (κ3) is 2.12. The fraction of sp³-hybridized carbons (Fsp3) is 0.471. The summed E-state index contributed by atoms with van der Waals surface area (Å²) in [6.07, 6.45) is 10.7. The molecule has 5 nitrogen and oxygen atoms in total. The lowest BCUT2D eigenvalue weighted by Gasteiger charge is -2.41. The largest absolute Gasteiger partial charge is 0.279 e. The summed E-state index contributed by atoms with van der Waals surface area (Å²) in [6, 6.07) is 6.13. The first-order chi connectivity index (χ1) is 10.9. The molecule has 2 fully saturated rings. The van der Waals surface area contributed by atoms with Crippen molar-refractivity contribution >= 4 is 0 Å². The van der Waals surface area contributed by atoms with Gasteiger partial charge in [-0.15, -0.1) is 0 Å². The smallest absolute Gasteiger partial charge is 0.139 e. The molecule has 22 heavy (non-hydrogen) atoms. The Morgan fingerprint density at radius 2 is 1.95 bits per heavy atom. The van der Waals surface area contributed by atoms with Crippen molar-refractivity contribution in [2.24, 2.45) is 0 Å². The van der Waals surface area contributed by atoms with Crippen LogP contribution in [0.15, 0.2) is 43.0 Å². The Morgan fingerprint density at radius 3 is 2.68 bits per heavy atom. The van der Waals surface area contributed by atoms with Crippen molar-refractivity contribution in [3.8, 4) is 0 Å². The van der Waals surface area contributed by atoms with Gasteiger partial charge < -0.3 is 0 Å². The zero-order chi connectivity index (χ0) is 14.8. The van der Waals surface area contributed by atoms with Crippen LogP contribution in [0.5, 0.6) is 0 Å². The maximum absolute atomic E-state index is 5.07. The van der Waals surface area contributed by atoms with Gasteiger partial charge in [-0.1, -0.05) is 6.07 Å². The third-order valence-corrected chi connectivity index (χ3v) is 4.83. The number of nitrogens with zero attached hydrogens (tertiary/aromatic N) is 5. The van der Waals surface area contributed by atoms with E-state index in [4.69, 9.17) is 5.32 Å². The quantitative estimate of drug-likeness (QED) is 0.868. The second-order valence-corrected chi connectivity index (χ2v) is 5.99. The van der Waals surface area contributed by atoms with Crippen molar-refractivity contribution in [3.63, 3.8) is 0 Å². The second kappa shape index (κ2) is 5.74. The Labute approximate surface area is 130 Å². The highest BCUT2D eigenvalue weighted by Crippen LogP contribution is 2.46. The molecule has 2 aromatic heterocycles. The van der Waals surface area contributed by atoms with E-state index in [1.807, 2.05) is 18.5 Å². The normalized spacial score (nSPS) is 29.0. The number of hydrogen-bond donors (Lipinski definition) is 0. The summed E-state index contributed by atoms with van der Waals surface area (Å²) in [5, 5.41) is 5.07. The molecule has 0 saturated carbocycles. The molecule has 5 heteroatoms. The van der Waals surface area contributed by atoms with E-state index in [0.29, 0.717) is 0 Å². The molecule has 113 valence electrons. The van der Waals surface area contributed by atoms with Gasteiger partial charge in [0.05, 0.1) is 11.4 Å². The van der Waals surface area contributed by atoms with Gasteiger partial charge in [0.25, 0.3) is 0 Å². The van der Waals surface area contributed by atoms with Crippen LogP contribution in [0.1, 0.15) is 36.6 Å². The van der Waals surface area contributed by atoms with Gasteiger partial charge in [-0.2, -0.15) is 0 Å². The van der Waals surface area contributed by atoms with Crippen molar-refractivity contribution in [1.29, 1.82) is 0 Å². The molecule has 0 aliphatic carbocycles. The molecule has 2 saturated heterocycles. The van der Waals surface area contributed by atoms with Gasteiger partial charge in [-0.25, -0.2) is 5.32 Å². The molecule has 0 aromatic carbocycles. The van der Waals surface area contributed by atoms with Crippen LogP contribution in [-0.2, 0) is 5.66 Å². The summed E-state index contributed by atoms with van der Waals surface area (Å²) in [5.74, 6) is 0.231. The minimum Gasteiger partial charge on any atom is -0.279 e. The average molecular weight is 294 g/mol. The number of aromatic nitrogens is 3. The van der Waals surface area contributed by atoms with Crippen molar-refractivity contribution in [2.45, 2.75) is 30.8 Å².